The van der Waals surface area contributed by atoms with E-state index in [0.717, 1.165) is 0 Å². The minimum Gasteiger partial charge on any atom is -0.464 e. The van der Waals surface area contributed by atoms with Crippen molar-refractivity contribution in [3.8, 4) is 0 Å². The van der Waals surface area contributed by atoms with Gasteiger partial charge in [-0.2, -0.15) is 0 Å². The molecule has 3 atom stereocenters. The molecule has 8 nitrogen and oxygen atoms in total. The van der Waals surface area contributed by atoms with Crippen LogP contribution in [0, 0.1) is 5.92 Å². The number of anilines is 2. The number of allylic oxidation sites excluding steroid dienone is 1. The molecule has 178 valence electrons. The summed E-state index contributed by atoms with van der Waals surface area (Å²) >= 11 is 0. The molecule has 0 radical (unpaired) electrons. The molecular formula is C26H28N2O6. The quantitative estimate of drug-likeness (QED) is 0.434. The Morgan fingerprint density at radius 1 is 1.18 bits per heavy atom. The number of para-hydroxylation sites is 3. The smallest absolute Gasteiger partial charge is 0.290 e. The van der Waals surface area contributed by atoms with Gasteiger partial charge in [0.05, 0.1) is 23.0 Å². The molecule has 2 heterocycles. The van der Waals surface area contributed by atoms with Crippen LogP contribution in [0.5, 0.6) is 0 Å². The molecule has 1 aromatic heterocycles. The van der Waals surface area contributed by atoms with Gasteiger partial charge in [-0.15, -0.1) is 0 Å². The van der Waals surface area contributed by atoms with Crippen molar-refractivity contribution in [1.29, 1.82) is 0 Å². The summed E-state index contributed by atoms with van der Waals surface area (Å²) < 4.78 is 17.6. The van der Waals surface area contributed by atoms with E-state index in [1.807, 2.05) is 6.92 Å². The number of nitrogen functional groups attached to an aromatic ring is 1. The second-order valence-electron chi connectivity index (χ2n) is 8.09. The highest BCUT2D eigenvalue weighted by molar-refractivity contribution is 6.04. The zero-order valence-electron chi connectivity index (χ0n) is 18.9. The van der Waals surface area contributed by atoms with Gasteiger partial charge in [-0.25, -0.2) is 0 Å². The van der Waals surface area contributed by atoms with Crippen LogP contribution >= 0.6 is 0 Å². The van der Waals surface area contributed by atoms with E-state index in [4.69, 9.17) is 19.6 Å². The number of fused-ring (bicyclic) bond motifs is 1. The van der Waals surface area contributed by atoms with Crippen LogP contribution in [0.1, 0.15) is 31.2 Å². The second-order valence-corrected chi connectivity index (χ2v) is 8.09. The summed E-state index contributed by atoms with van der Waals surface area (Å²) in [7, 11) is 0. The van der Waals surface area contributed by atoms with Crippen LogP contribution in [0.4, 0.5) is 11.4 Å². The van der Waals surface area contributed by atoms with E-state index < -0.39 is 18.1 Å². The average Bonchev–Trinajstić information content (AvgIpc) is 2.85. The zero-order chi connectivity index (χ0) is 24.1. The van der Waals surface area contributed by atoms with Gasteiger partial charge in [0.1, 0.15) is 5.58 Å². The first kappa shape index (κ1) is 23.5. The molecule has 0 spiro atoms. The maximum absolute atomic E-state index is 13.4. The molecule has 2 aromatic carbocycles. The average molecular weight is 465 g/mol. The molecule has 1 aliphatic heterocycles. The molecular weight excluding hydrogens is 436 g/mol. The van der Waals surface area contributed by atoms with Gasteiger partial charge in [0.15, 0.2) is 11.2 Å². The number of benzene rings is 2. The van der Waals surface area contributed by atoms with Crippen LogP contribution in [0.2, 0.25) is 0 Å². The molecule has 1 amide bonds. The van der Waals surface area contributed by atoms with Crippen molar-refractivity contribution in [2.24, 2.45) is 5.92 Å². The minimum absolute atomic E-state index is 0.0151. The fourth-order valence-electron chi connectivity index (χ4n) is 4.24. The first-order valence-electron chi connectivity index (χ1n) is 11.3. The SMILES string of the molecule is CCO[C@@H]1OC(C(=O)Nc2ccccc2N)=C[C@H](c2coc3ccccc3c2=O)[C@@H]1CCCO. The van der Waals surface area contributed by atoms with Gasteiger partial charge in [0, 0.05) is 30.6 Å². The first-order chi connectivity index (χ1) is 16.5. The van der Waals surface area contributed by atoms with Crippen LogP contribution in [-0.2, 0) is 14.3 Å². The van der Waals surface area contributed by atoms with E-state index in [2.05, 4.69) is 5.32 Å². The van der Waals surface area contributed by atoms with E-state index in [-0.39, 0.29) is 23.7 Å². The maximum Gasteiger partial charge on any atom is 0.290 e. The molecule has 4 N–H and O–H groups in total. The number of aliphatic hydroxyl groups excluding tert-OH is 1. The highest BCUT2D eigenvalue weighted by atomic mass is 16.7. The van der Waals surface area contributed by atoms with Crippen molar-refractivity contribution < 1.29 is 23.8 Å². The monoisotopic (exact) mass is 464 g/mol. The molecule has 3 aromatic rings. The minimum atomic E-state index is -0.786. The Bertz CT molecular complexity index is 1250. The van der Waals surface area contributed by atoms with Crippen LogP contribution in [0.3, 0.4) is 0 Å². The highest BCUT2D eigenvalue weighted by Gasteiger charge is 2.39. The van der Waals surface area contributed by atoms with Crippen molar-refractivity contribution in [2.45, 2.75) is 32.0 Å². The number of aliphatic hydroxyl groups is 1. The number of nitrogens with two attached hydrogens (primary N) is 1. The van der Waals surface area contributed by atoms with Gasteiger partial charge in [-0.3, -0.25) is 9.59 Å². The number of ether oxygens (including phenoxy) is 2. The number of nitrogens with one attached hydrogen (secondary N) is 1. The molecule has 0 aliphatic carbocycles. The standard InChI is InChI=1S/C26H28N2O6/c1-2-32-26-16(9-7-13-29)18(19-15-33-22-12-6-3-8-17(22)24(19)30)14-23(34-26)25(31)28-21-11-5-4-10-20(21)27/h3-6,8,10-12,14-16,18,26,29H,2,7,9,13,27H2,1H3,(H,28,31)/t16-,18-,26+/m0/s1. The number of hydrogen-bond acceptors (Lipinski definition) is 7. The molecule has 8 heteroatoms. The number of hydrogen-bond donors (Lipinski definition) is 3. The van der Waals surface area contributed by atoms with E-state index in [0.29, 0.717) is 47.4 Å². The third-order valence-corrected chi connectivity index (χ3v) is 5.91. The summed E-state index contributed by atoms with van der Waals surface area (Å²) in [6, 6.07) is 13.9. The number of carbonyl (C=O) groups excluding carboxylic acids is 1. The third kappa shape index (κ3) is 4.83. The van der Waals surface area contributed by atoms with Crippen LogP contribution in [0.25, 0.3) is 11.0 Å². The van der Waals surface area contributed by atoms with Gasteiger partial charge in [-0.05, 0) is 50.1 Å². The van der Waals surface area contributed by atoms with Crippen molar-refractivity contribution in [1.82, 2.24) is 0 Å². The maximum atomic E-state index is 13.4. The Kier molecular flexibility index (Phi) is 7.30. The molecule has 0 fully saturated rings. The van der Waals surface area contributed by atoms with Crippen molar-refractivity contribution in [2.75, 3.05) is 24.3 Å². The summed E-state index contributed by atoms with van der Waals surface area (Å²) in [4.78, 5) is 26.5. The molecule has 0 unspecified atom stereocenters. The van der Waals surface area contributed by atoms with E-state index >= 15 is 0 Å². The normalized spacial score (nSPS) is 19.9. The largest absolute Gasteiger partial charge is 0.464 e. The van der Waals surface area contributed by atoms with Gasteiger partial charge in [0.2, 0.25) is 6.29 Å². The zero-order valence-corrected chi connectivity index (χ0v) is 18.9. The highest BCUT2D eigenvalue weighted by Crippen LogP contribution is 2.39. The van der Waals surface area contributed by atoms with Gasteiger partial charge < -0.3 is 30.0 Å². The summed E-state index contributed by atoms with van der Waals surface area (Å²) in [5, 5.41) is 12.7. The Hall–Kier alpha value is -3.62. The lowest BCUT2D eigenvalue weighted by atomic mass is 9.81. The van der Waals surface area contributed by atoms with Gasteiger partial charge >= 0.3 is 0 Å². The predicted molar refractivity (Wildman–Crippen MR) is 129 cm³/mol. The third-order valence-electron chi connectivity index (χ3n) is 5.91. The van der Waals surface area contributed by atoms with E-state index in [1.165, 1.54) is 6.26 Å². The second kappa shape index (κ2) is 10.5. The molecule has 34 heavy (non-hydrogen) atoms. The predicted octanol–water partition coefficient (Wildman–Crippen LogP) is 3.76. The topological polar surface area (TPSA) is 124 Å². The van der Waals surface area contributed by atoms with Crippen LogP contribution in [0.15, 0.2) is 75.8 Å². The van der Waals surface area contributed by atoms with E-state index in [1.54, 1.807) is 54.6 Å². The van der Waals surface area contributed by atoms with Crippen LogP contribution in [-0.4, -0.2) is 30.5 Å². The van der Waals surface area contributed by atoms with Crippen molar-refractivity contribution in [3.05, 3.63) is 82.4 Å². The van der Waals surface area contributed by atoms with Gasteiger partial charge in [0.25, 0.3) is 5.91 Å². The van der Waals surface area contributed by atoms with Gasteiger partial charge in [-0.1, -0.05) is 24.3 Å². The lowest BCUT2D eigenvalue weighted by Crippen LogP contribution is -2.38. The van der Waals surface area contributed by atoms with Crippen molar-refractivity contribution in [3.63, 3.8) is 0 Å². The van der Waals surface area contributed by atoms with E-state index in [9.17, 15) is 14.7 Å². The Morgan fingerprint density at radius 3 is 2.71 bits per heavy atom. The molecule has 0 saturated heterocycles. The summed E-state index contributed by atoms with van der Waals surface area (Å²) in [6.07, 6.45) is 3.30. The lowest BCUT2D eigenvalue weighted by Gasteiger charge is -2.36. The Morgan fingerprint density at radius 2 is 1.94 bits per heavy atom. The van der Waals surface area contributed by atoms with Crippen LogP contribution < -0.4 is 16.5 Å². The molecule has 0 bridgehead atoms. The fourth-order valence-corrected chi connectivity index (χ4v) is 4.24. The summed E-state index contributed by atoms with van der Waals surface area (Å²) in [5.74, 6) is -1.31. The molecule has 0 saturated carbocycles. The first-order valence-corrected chi connectivity index (χ1v) is 11.3. The Balaban J connectivity index is 1.77. The summed E-state index contributed by atoms with van der Waals surface area (Å²) in [6.45, 7) is 2.16. The Labute approximate surface area is 197 Å². The molecule has 1 aliphatic rings. The number of amides is 1. The number of rotatable bonds is 8. The summed E-state index contributed by atoms with van der Waals surface area (Å²) in [5.41, 5.74) is 7.54. The number of carbonyl (C=O) groups is 1. The molecule has 4 rings (SSSR count). The van der Waals surface area contributed by atoms with Crippen molar-refractivity contribution >= 4 is 28.3 Å². The lowest BCUT2D eigenvalue weighted by molar-refractivity contribution is -0.165. The fraction of sp³-hybridized carbons (Fsp3) is 0.308.